The fourth-order valence-corrected chi connectivity index (χ4v) is 11.1. The van der Waals surface area contributed by atoms with Crippen LogP contribution in [0.3, 0.4) is 0 Å². The minimum absolute atomic E-state index is 0.530. The molecule has 2 nitrogen and oxygen atoms in total. The van der Waals surface area contributed by atoms with E-state index in [1.165, 1.54) is 99.2 Å². The fourth-order valence-electron chi connectivity index (χ4n) is 11.1. The highest BCUT2D eigenvalue weighted by Gasteiger charge is 2.38. The molecular formula is C67H46N2. The third kappa shape index (κ3) is 6.72. The maximum Gasteiger partial charge on any atom is 0.0701 e. The van der Waals surface area contributed by atoms with Crippen molar-refractivity contribution in [3.63, 3.8) is 0 Å². The van der Waals surface area contributed by atoms with E-state index in [0.717, 1.165) is 11.4 Å². The normalized spacial score (nSPS) is 11.8. The van der Waals surface area contributed by atoms with E-state index in [-0.39, 0.29) is 0 Å². The predicted molar refractivity (Wildman–Crippen MR) is 290 cm³/mol. The Bertz CT molecular complexity index is 3900. The summed E-state index contributed by atoms with van der Waals surface area (Å²) in [6, 6.07) is 102. The van der Waals surface area contributed by atoms with Crippen molar-refractivity contribution < 1.29 is 0 Å². The Hall–Kier alpha value is -8.98. The van der Waals surface area contributed by atoms with Gasteiger partial charge >= 0.3 is 0 Å². The molecule has 0 saturated heterocycles. The molecule has 11 aromatic carbocycles. The molecule has 0 aliphatic heterocycles. The van der Waals surface area contributed by atoms with Gasteiger partial charge in [0.05, 0.1) is 27.5 Å². The number of rotatable bonds is 9. The van der Waals surface area contributed by atoms with Crippen LogP contribution in [-0.2, 0) is 5.41 Å². The second-order valence-corrected chi connectivity index (χ2v) is 18.1. The molecule has 2 heterocycles. The van der Waals surface area contributed by atoms with Crippen molar-refractivity contribution in [3.05, 3.63) is 301 Å². The van der Waals surface area contributed by atoms with Crippen molar-refractivity contribution in [3.8, 4) is 44.8 Å². The van der Waals surface area contributed by atoms with Gasteiger partial charge in [-0.1, -0.05) is 212 Å². The van der Waals surface area contributed by atoms with Crippen LogP contribution in [0.5, 0.6) is 0 Å². The predicted octanol–water partition coefficient (Wildman–Crippen LogP) is 17.3. The largest absolute Gasteiger partial charge is 0.309 e. The highest BCUT2D eigenvalue weighted by atomic mass is 15.0. The topological polar surface area (TPSA) is 9.86 Å². The van der Waals surface area contributed by atoms with Crippen LogP contribution in [0.25, 0.3) is 88.4 Å². The lowest BCUT2D eigenvalue weighted by Crippen LogP contribution is -2.31. The molecule has 0 aliphatic carbocycles. The van der Waals surface area contributed by atoms with Crippen LogP contribution in [0.15, 0.2) is 279 Å². The van der Waals surface area contributed by atoms with E-state index in [2.05, 4.69) is 288 Å². The smallest absolute Gasteiger partial charge is 0.0701 e. The van der Waals surface area contributed by atoms with Crippen molar-refractivity contribution in [2.45, 2.75) is 5.41 Å². The monoisotopic (exact) mass is 878 g/mol. The quantitative estimate of drug-likeness (QED) is 0.128. The van der Waals surface area contributed by atoms with E-state index in [1.807, 2.05) is 0 Å². The molecule has 2 aromatic heterocycles. The van der Waals surface area contributed by atoms with Gasteiger partial charge in [0.15, 0.2) is 0 Å². The Morgan fingerprint density at radius 1 is 0.203 bits per heavy atom. The number of hydrogen-bond donors (Lipinski definition) is 0. The first kappa shape index (κ1) is 40.3. The second-order valence-electron chi connectivity index (χ2n) is 18.1. The van der Waals surface area contributed by atoms with Crippen LogP contribution in [0.1, 0.15) is 22.3 Å². The van der Waals surface area contributed by atoms with Gasteiger partial charge in [-0.25, -0.2) is 0 Å². The second kappa shape index (κ2) is 16.7. The Morgan fingerprint density at radius 2 is 0.536 bits per heavy atom. The van der Waals surface area contributed by atoms with Gasteiger partial charge in [0, 0.05) is 32.9 Å². The average molecular weight is 879 g/mol. The van der Waals surface area contributed by atoms with Gasteiger partial charge in [0.1, 0.15) is 0 Å². The lowest BCUT2D eigenvalue weighted by molar-refractivity contribution is 0.745. The molecule has 0 unspecified atom stereocenters. The first-order valence-electron chi connectivity index (χ1n) is 23.8. The van der Waals surface area contributed by atoms with Crippen molar-refractivity contribution in [2.24, 2.45) is 0 Å². The van der Waals surface area contributed by atoms with Gasteiger partial charge in [-0.05, 0) is 122 Å². The summed E-state index contributed by atoms with van der Waals surface area (Å²) >= 11 is 0. The van der Waals surface area contributed by atoms with Gasteiger partial charge in [0.2, 0.25) is 0 Å². The van der Waals surface area contributed by atoms with Gasteiger partial charge < -0.3 is 9.13 Å². The number of para-hydroxylation sites is 2. The maximum atomic E-state index is 2.43. The van der Waals surface area contributed by atoms with E-state index in [9.17, 15) is 0 Å². The van der Waals surface area contributed by atoms with Crippen LogP contribution in [0.4, 0.5) is 0 Å². The number of aromatic nitrogens is 2. The van der Waals surface area contributed by atoms with E-state index in [4.69, 9.17) is 0 Å². The Labute approximate surface area is 402 Å². The molecule has 0 atom stereocenters. The lowest BCUT2D eigenvalue weighted by Gasteiger charge is -2.37. The first-order chi connectivity index (χ1) is 34.2. The zero-order valence-corrected chi connectivity index (χ0v) is 38.0. The summed E-state index contributed by atoms with van der Waals surface area (Å²) < 4.78 is 4.85. The number of fused-ring (bicyclic) bond motifs is 6. The molecule has 0 spiro atoms. The van der Waals surface area contributed by atoms with Gasteiger partial charge in [-0.15, -0.1) is 0 Å². The van der Waals surface area contributed by atoms with E-state index in [1.54, 1.807) is 0 Å². The highest BCUT2D eigenvalue weighted by molar-refractivity contribution is 6.12. The van der Waals surface area contributed by atoms with Crippen LogP contribution >= 0.6 is 0 Å². The molecule has 0 amide bonds. The van der Waals surface area contributed by atoms with E-state index >= 15 is 0 Å². The summed E-state index contributed by atoms with van der Waals surface area (Å²) in [6.45, 7) is 0. The zero-order chi connectivity index (χ0) is 45.7. The SMILES string of the molecule is c1ccc(-c2cccc(-n3c4ccccc4c4cc(-c5ccc6c(c5)c5ccccc5n6-c5cccc(-c6cccc(C(c7ccccc7)(c7ccccc7)c7ccccc7)c6)c5)ccc43)c2)cc1. The number of nitrogens with zero attached hydrogens (tertiary/aromatic N) is 2. The van der Waals surface area contributed by atoms with E-state index in [0.29, 0.717) is 0 Å². The van der Waals surface area contributed by atoms with Crippen molar-refractivity contribution in [2.75, 3.05) is 0 Å². The maximum absolute atomic E-state index is 2.43. The molecule has 0 fully saturated rings. The van der Waals surface area contributed by atoms with Crippen molar-refractivity contribution in [1.29, 1.82) is 0 Å². The van der Waals surface area contributed by atoms with Crippen LogP contribution in [0.2, 0.25) is 0 Å². The molecule has 0 bridgehead atoms. The molecule has 0 radical (unpaired) electrons. The molecule has 2 heteroatoms. The number of benzene rings is 11. The Kier molecular flexibility index (Phi) is 9.77. The van der Waals surface area contributed by atoms with Crippen LogP contribution < -0.4 is 0 Å². The third-order valence-electron chi connectivity index (χ3n) is 14.2. The first-order valence-corrected chi connectivity index (χ1v) is 23.8. The Balaban J connectivity index is 0.916. The van der Waals surface area contributed by atoms with Gasteiger partial charge in [0.25, 0.3) is 0 Å². The lowest BCUT2D eigenvalue weighted by atomic mass is 9.65. The van der Waals surface area contributed by atoms with Crippen LogP contribution in [-0.4, -0.2) is 9.13 Å². The fraction of sp³-hybridized carbons (Fsp3) is 0.0149. The third-order valence-corrected chi connectivity index (χ3v) is 14.2. The van der Waals surface area contributed by atoms with Crippen molar-refractivity contribution in [1.82, 2.24) is 9.13 Å². The van der Waals surface area contributed by atoms with E-state index < -0.39 is 5.41 Å². The molecule has 0 saturated carbocycles. The molecule has 0 aliphatic rings. The summed E-state index contributed by atoms with van der Waals surface area (Å²) in [5.41, 5.74) is 18.6. The molecular weight excluding hydrogens is 833 g/mol. The number of hydrogen-bond acceptors (Lipinski definition) is 0. The summed E-state index contributed by atoms with van der Waals surface area (Å²) in [4.78, 5) is 0. The summed E-state index contributed by atoms with van der Waals surface area (Å²) in [5, 5.41) is 4.95. The highest BCUT2D eigenvalue weighted by Crippen LogP contribution is 2.46. The van der Waals surface area contributed by atoms with Gasteiger partial charge in [-0.2, -0.15) is 0 Å². The zero-order valence-electron chi connectivity index (χ0n) is 38.0. The minimum atomic E-state index is -0.530. The molecule has 13 aromatic rings. The summed E-state index contributed by atoms with van der Waals surface area (Å²) in [5.74, 6) is 0. The standard InChI is InChI=1S/C67H46N2/c1-5-20-47(21-6-1)49-23-18-32-57(43-49)68-63-36-15-13-34-59(63)61-45-51(38-40-65(61)68)52-39-41-66-62(46-52)60-35-14-16-37-64(60)69(66)58-33-19-24-50(44-58)48-22-17-31-56(42-48)67(53-25-7-2-8-26-53,54-27-9-3-10-28-54)55-29-11-4-12-30-55/h1-46H. The van der Waals surface area contributed by atoms with Gasteiger partial charge in [-0.3, -0.25) is 0 Å². The Morgan fingerprint density at radius 3 is 1.01 bits per heavy atom. The van der Waals surface area contributed by atoms with Crippen molar-refractivity contribution >= 4 is 43.6 Å². The molecule has 13 rings (SSSR count). The minimum Gasteiger partial charge on any atom is -0.309 e. The molecule has 324 valence electrons. The average Bonchev–Trinajstić information content (AvgIpc) is 3.95. The summed E-state index contributed by atoms with van der Waals surface area (Å²) in [7, 11) is 0. The molecule has 0 N–H and O–H groups in total. The van der Waals surface area contributed by atoms with Crippen LogP contribution in [0, 0.1) is 0 Å². The molecule has 69 heavy (non-hydrogen) atoms. The summed E-state index contributed by atoms with van der Waals surface area (Å²) in [6.07, 6.45) is 0.